The SMILES string of the molecule is CCC(C)C(CO)NC(=O)c1ccc(C(C)(C)C)cc1C(=O)NC(CO)C(C)CC. The Bertz CT molecular complexity index is 712. The van der Waals surface area contributed by atoms with E-state index in [0.717, 1.165) is 18.4 Å². The van der Waals surface area contributed by atoms with Crippen LogP contribution in [0.15, 0.2) is 18.2 Å². The van der Waals surface area contributed by atoms with Crippen molar-refractivity contribution in [3.8, 4) is 0 Å². The zero-order valence-electron chi connectivity index (χ0n) is 19.6. The molecule has 4 unspecified atom stereocenters. The van der Waals surface area contributed by atoms with Crippen LogP contribution in [0.25, 0.3) is 0 Å². The summed E-state index contributed by atoms with van der Waals surface area (Å²) in [4.78, 5) is 26.1. The van der Waals surface area contributed by atoms with Gasteiger partial charge in [0.1, 0.15) is 0 Å². The molecule has 0 fully saturated rings. The lowest BCUT2D eigenvalue weighted by Crippen LogP contribution is -2.44. The summed E-state index contributed by atoms with van der Waals surface area (Å²) in [5, 5.41) is 25.1. The average Bonchev–Trinajstić information content (AvgIpc) is 2.73. The first kappa shape index (κ1) is 26.1. The van der Waals surface area contributed by atoms with Crippen LogP contribution in [0.2, 0.25) is 0 Å². The van der Waals surface area contributed by atoms with E-state index < -0.39 is 0 Å². The van der Waals surface area contributed by atoms with Crippen molar-refractivity contribution in [3.05, 3.63) is 34.9 Å². The molecule has 1 aromatic rings. The Balaban J connectivity index is 3.32. The zero-order chi connectivity index (χ0) is 23.1. The number of nitrogens with one attached hydrogen (secondary N) is 2. The second kappa shape index (κ2) is 11.5. The molecule has 4 N–H and O–H groups in total. The van der Waals surface area contributed by atoms with Crippen LogP contribution in [0.3, 0.4) is 0 Å². The Labute approximate surface area is 181 Å². The molecule has 170 valence electrons. The van der Waals surface area contributed by atoms with Gasteiger partial charge in [0, 0.05) is 0 Å². The van der Waals surface area contributed by atoms with Crippen molar-refractivity contribution in [2.75, 3.05) is 13.2 Å². The maximum Gasteiger partial charge on any atom is 0.252 e. The van der Waals surface area contributed by atoms with E-state index in [-0.39, 0.29) is 65.5 Å². The van der Waals surface area contributed by atoms with Crippen LogP contribution in [0.5, 0.6) is 0 Å². The van der Waals surface area contributed by atoms with E-state index in [2.05, 4.69) is 10.6 Å². The molecule has 0 spiro atoms. The predicted molar refractivity (Wildman–Crippen MR) is 121 cm³/mol. The summed E-state index contributed by atoms with van der Waals surface area (Å²) in [5.41, 5.74) is 1.29. The third-order valence-corrected chi connectivity index (χ3v) is 6.06. The maximum atomic E-state index is 13.1. The van der Waals surface area contributed by atoms with Gasteiger partial charge in [-0.3, -0.25) is 9.59 Å². The monoisotopic (exact) mass is 420 g/mol. The fraction of sp³-hybridized carbons (Fsp3) is 0.667. The van der Waals surface area contributed by atoms with Crippen molar-refractivity contribution >= 4 is 11.8 Å². The van der Waals surface area contributed by atoms with Crippen LogP contribution in [-0.2, 0) is 5.41 Å². The fourth-order valence-corrected chi connectivity index (χ4v) is 3.19. The Morgan fingerprint density at radius 2 is 1.30 bits per heavy atom. The van der Waals surface area contributed by atoms with Gasteiger partial charge in [-0.25, -0.2) is 0 Å². The Morgan fingerprint density at radius 1 is 0.867 bits per heavy atom. The molecule has 0 radical (unpaired) electrons. The third kappa shape index (κ3) is 6.81. The standard InChI is InChI=1S/C24H40N2O4/c1-8-15(3)20(13-27)25-22(29)18-11-10-17(24(5,6)7)12-19(18)23(30)26-21(14-28)16(4)9-2/h10-12,15-16,20-21,27-28H,8-9,13-14H2,1-7H3,(H,25,29)(H,26,30). The van der Waals surface area contributed by atoms with Crippen LogP contribution in [0, 0.1) is 11.8 Å². The van der Waals surface area contributed by atoms with Gasteiger partial charge in [-0.15, -0.1) is 0 Å². The normalized spacial score (nSPS) is 15.8. The Kier molecular flexibility index (Phi) is 9.98. The zero-order valence-corrected chi connectivity index (χ0v) is 19.6. The second-order valence-corrected chi connectivity index (χ2v) is 9.31. The minimum absolute atomic E-state index is 0.103. The molecule has 0 aliphatic carbocycles. The summed E-state index contributed by atoms with van der Waals surface area (Å²) < 4.78 is 0. The van der Waals surface area contributed by atoms with Crippen LogP contribution in [-0.4, -0.2) is 47.3 Å². The van der Waals surface area contributed by atoms with Crippen molar-refractivity contribution in [1.82, 2.24) is 10.6 Å². The molecule has 30 heavy (non-hydrogen) atoms. The maximum absolute atomic E-state index is 13.1. The molecule has 1 aromatic carbocycles. The summed E-state index contributed by atoms with van der Waals surface area (Å²) >= 11 is 0. The molecule has 0 aliphatic heterocycles. The minimum atomic E-state index is -0.387. The third-order valence-electron chi connectivity index (χ3n) is 6.06. The van der Waals surface area contributed by atoms with E-state index in [1.165, 1.54) is 0 Å². The molecular weight excluding hydrogens is 380 g/mol. The van der Waals surface area contributed by atoms with Crippen molar-refractivity contribution in [2.45, 2.75) is 78.8 Å². The van der Waals surface area contributed by atoms with E-state index in [1.807, 2.05) is 54.5 Å². The molecule has 0 heterocycles. The van der Waals surface area contributed by atoms with Gasteiger partial charge in [-0.1, -0.05) is 67.4 Å². The molecule has 1 rings (SSSR count). The highest BCUT2D eigenvalue weighted by Gasteiger charge is 2.26. The van der Waals surface area contributed by atoms with Gasteiger partial charge < -0.3 is 20.8 Å². The van der Waals surface area contributed by atoms with Gasteiger partial charge >= 0.3 is 0 Å². The smallest absolute Gasteiger partial charge is 0.252 e. The lowest BCUT2D eigenvalue weighted by Gasteiger charge is -2.26. The first-order valence-corrected chi connectivity index (χ1v) is 11.0. The summed E-state index contributed by atoms with van der Waals surface area (Å²) in [6.07, 6.45) is 1.63. The van der Waals surface area contributed by atoms with Crippen LogP contribution < -0.4 is 10.6 Å². The summed E-state index contributed by atoms with van der Waals surface area (Å²) in [6, 6.07) is 4.52. The molecule has 0 aromatic heterocycles. The van der Waals surface area contributed by atoms with Gasteiger partial charge in [0.05, 0.1) is 36.4 Å². The molecule has 6 nitrogen and oxygen atoms in total. The highest BCUT2D eigenvalue weighted by Crippen LogP contribution is 2.25. The van der Waals surface area contributed by atoms with Gasteiger partial charge in [0.15, 0.2) is 0 Å². The lowest BCUT2D eigenvalue weighted by molar-refractivity contribution is 0.0858. The number of aliphatic hydroxyl groups is 2. The van der Waals surface area contributed by atoms with E-state index >= 15 is 0 Å². The first-order chi connectivity index (χ1) is 14.0. The van der Waals surface area contributed by atoms with Crippen LogP contribution >= 0.6 is 0 Å². The van der Waals surface area contributed by atoms with Gasteiger partial charge in [0.2, 0.25) is 0 Å². The van der Waals surface area contributed by atoms with Crippen molar-refractivity contribution in [1.29, 1.82) is 0 Å². The van der Waals surface area contributed by atoms with Gasteiger partial charge in [-0.05, 0) is 34.9 Å². The predicted octanol–water partition coefficient (Wildman–Crippen LogP) is 3.26. The number of amides is 2. The second-order valence-electron chi connectivity index (χ2n) is 9.31. The number of benzene rings is 1. The topological polar surface area (TPSA) is 98.7 Å². The van der Waals surface area contributed by atoms with Crippen molar-refractivity contribution in [3.63, 3.8) is 0 Å². The van der Waals surface area contributed by atoms with Gasteiger partial charge in [0.25, 0.3) is 11.8 Å². The molecule has 0 saturated carbocycles. The number of rotatable bonds is 10. The first-order valence-electron chi connectivity index (χ1n) is 11.0. The largest absolute Gasteiger partial charge is 0.394 e. The van der Waals surface area contributed by atoms with Gasteiger partial charge in [-0.2, -0.15) is 0 Å². The molecular formula is C24H40N2O4. The lowest BCUT2D eigenvalue weighted by atomic mass is 9.84. The molecule has 4 atom stereocenters. The van der Waals surface area contributed by atoms with Crippen molar-refractivity contribution < 1.29 is 19.8 Å². The quantitative estimate of drug-likeness (QED) is 0.467. The van der Waals surface area contributed by atoms with Crippen molar-refractivity contribution in [2.24, 2.45) is 11.8 Å². The van der Waals surface area contributed by atoms with Crippen LogP contribution in [0.4, 0.5) is 0 Å². The molecule has 2 amide bonds. The summed E-state index contributed by atoms with van der Waals surface area (Å²) in [5.74, 6) is -0.556. The molecule has 0 saturated heterocycles. The number of aliphatic hydroxyl groups excluding tert-OH is 2. The van der Waals surface area contributed by atoms with E-state index in [1.54, 1.807) is 12.1 Å². The highest BCUT2D eigenvalue weighted by atomic mass is 16.3. The molecule has 6 heteroatoms. The molecule has 0 aliphatic rings. The Hall–Kier alpha value is -1.92. The van der Waals surface area contributed by atoms with Crippen LogP contribution in [0.1, 0.15) is 87.6 Å². The summed E-state index contributed by atoms with van der Waals surface area (Å²) in [7, 11) is 0. The summed E-state index contributed by atoms with van der Waals surface area (Å²) in [6.45, 7) is 13.8. The van der Waals surface area contributed by atoms with E-state index in [0.29, 0.717) is 0 Å². The number of hydrogen-bond donors (Lipinski definition) is 4. The Morgan fingerprint density at radius 3 is 1.67 bits per heavy atom. The number of hydrogen-bond acceptors (Lipinski definition) is 4. The fourth-order valence-electron chi connectivity index (χ4n) is 3.19. The highest BCUT2D eigenvalue weighted by molar-refractivity contribution is 6.07. The number of carbonyl (C=O) groups is 2. The minimum Gasteiger partial charge on any atom is -0.394 e. The number of carbonyl (C=O) groups excluding carboxylic acids is 2. The van der Waals surface area contributed by atoms with E-state index in [4.69, 9.17) is 0 Å². The van der Waals surface area contributed by atoms with E-state index in [9.17, 15) is 19.8 Å². The average molecular weight is 421 g/mol. The molecule has 0 bridgehead atoms.